The molecule has 1 amide bonds. The lowest BCUT2D eigenvalue weighted by atomic mass is 10.1. The van der Waals surface area contributed by atoms with E-state index in [0.717, 1.165) is 17.0 Å². The van der Waals surface area contributed by atoms with Gasteiger partial charge in [0.2, 0.25) is 0 Å². The lowest BCUT2D eigenvalue weighted by Crippen LogP contribution is -2.23. The van der Waals surface area contributed by atoms with E-state index in [-0.39, 0.29) is 18.0 Å². The molecule has 5 heteroatoms. The van der Waals surface area contributed by atoms with Crippen LogP contribution < -0.4 is 5.32 Å². The number of pyridine rings is 1. The zero-order chi connectivity index (χ0) is 15.5. The molecule has 3 rings (SSSR count). The fraction of sp³-hybridized carbons (Fsp3) is 0.0588. The van der Waals surface area contributed by atoms with E-state index in [1.165, 1.54) is 12.1 Å². The topological polar surface area (TPSA) is 42.0 Å². The van der Waals surface area contributed by atoms with Crippen molar-refractivity contribution in [3.8, 4) is 0 Å². The molecule has 0 saturated carbocycles. The first-order chi connectivity index (χ1) is 10.6. The van der Waals surface area contributed by atoms with Gasteiger partial charge in [-0.25, -0.2) is 8.78 Å². The van der Waals surface area contributed by atoms with Crippen molar-refractivity contribution in [2.24, 2.45) is 0 Å². The second-order valence-corrected chi connectivity index (χ2v) is 4.81. The van der Waals surface area contributed by atoms with Crippen LogP contribution in [0.15, 0.2) is 54.7 Å². The molecule has 1 heterocycles. The molecule has 1 aromatic heterocycles. The molecule has 2 aromatic carbocycles. The van der Waals surface area contributed by atoms with E-state index in [2.05, 4.69) is 10.3 Å². The van der Waals surface area contributed by atoms with Crippen molar-refractivity contribution in [3.63, 3.8) is 0 Å². The summed E-state index contributed by atoms with van der Waals surface area (Å²) in [4.78, 5) is 16.3. The summed E-state index contributed by atoms with van der Waals surface area (Å²) in [6.07, 6.45) is 1.68. The van der Waals surface area contributed by atoms with Crippen LogP contribution in [0.1, 0.15) is 15.9 Å². The predicted molar refractivity (Wildman–Crippen MR) is 79.3 cm³/mol. The van der Waals surface area contributed by atoms with E-state index in [1.54, 1.807) is 30.5 Å². The average Bonchev–Trinajstić information content (AvgIpc) is 2.55. The number of rotatable bonds is 3. The molecule has 0 aliphatic carbocycles. The van der Waals surface area contributed by atoms with Crippen LogP contribution in [-0.4, -0.2) is 10.9 Å². The van der Waals surface area contributed by atoms with E-state index in [9.17, 15) is 13.6 Å². The minimum Gasteiger partial charge on any atom is -0.348 e. The summed E-state index contributed by atoms with van der Waals surface area (Å²) in [7, 11) is 0. The summed E-state index contributed by atoms with van der Waals surface area (Å²) >= 11 is 0. The molecule has 0 bridgehead atoms. The molecule has 3 nitrogen and oxygen atoms in total. The van der Waals surface area contributed by atoms with Crippen molar-refractivity contribution < 1.29 is 13.6 Å². The Morgan fingerprint density at radius 1 is 1.09 bits per heavy atom. The monoisotopic (exact) mass is 298 g/mol. The van der Waals surface area contributed by atoms with Crippen molar-refractivity contribution >= 4 is 16.8 Å². The first-order valence-electron chi connectivity index (χ1n) is 6.71. The van der Waals surface area contributed by atoms with Crippen LogP contribution in [0.5, 0.6) is 0 Å². The summed E-state index contributed by atoms with van der Waals surface area (Å²) in [5.41, 5.74) is 1.34. The van der Waals surface area contributed by atoms with Crippen molar-refractivity contribution in [3.05, 3.63) is 77.5 Å². The van der Waals surface area contributed by atoms with Crippen LogP contribution >= 0.6 is 0 Å². The quantitative estimate of drug-likeness (QED) is 0.805. The molecule has 0 spiro atoms. The van der Waals surface area contributed by atoms with Crippen LogP contribution in [0, 0.1) is 11.6 Å². The second-order valence-electron chi connectivity index (χ2n) is 4.81. The van der Waals surface area contributed by atoms with Gasteiger partial charge in [-0.1, -0.05) is 18.2 Å². The summed E-state index contributed by atoms with van der Waals surface area (Å²) in [6, 6.07) is 12.6. The summed E-state index contributed by atoms with van der Waals surface area (Å²) in [5.74, 6) is -2.22. The van der Waals surface area contributed by atoms with E-state index in [1.807, 2.05) is 6.07 Å². The minimum atomic E-state index is -0.939. The van der Waals surface area contributed by atoms with E-state index < -0.39 is 11.6 Å². The summed E-state index contributed by atoms with van der Waals surface area (Å²) in [5, 5.41) is 3.42. The van der Waals surface area contributed by atoms with E-state index >= 15 is 0 Å². The standard InChI is InChI=1S/C17H12F2N2O/c18-14-5-1-3-13(16(14)19)10-21-17(22)12-6-7-15-11(9-12)4-2-8-20-15/h1-9H,10H2,(H,21,22). The van der Waals surface area contributed by atoms with Gasteiger partial charge in [-0.15, -0.1) is 0 Å². The van der Waals surface area contributed by atoms with E-state index in [0.29, 0.717) is 5.56 Å². The number of aromatic nitrogens is 1. The molecule has 0 aliphatic heterocycles. The van der Waals surface area contributed by atoms with Gasteiger partial charge in [-0.3, -0.25) is 9.78 Å². The molecule has 0 aliphatic rings. The number of benzene rings is 2. The lowest BCUT2D eigenvalue weighted by molar-refractivity contribution is 0.0950. The molecule has 0 fully saturated rings. The molecule has 0 radical (unpaired) electrons. The van der Waals surface area contributed by atoms with Gasteiger partial charge in [-0.05, 0) is 30.3 Å². The molecule has 0 saturated heterocycles. The van der Waals surface area contributed by atoms with Gasteiger partial charge in [0.25, 0.3) is 5.91 Å². The van der Waals surface area contributed by atoms with Gasteiger partial charge >= 0.3 is 0 Å². The lowest BCUT2D eigenvalue weighted by Gasteiger charge is -2.07. The number of amides is 1. The van der Waals surface area contributed by atoms with Gasteiger partial charge in [0, 0.05) is 29.3 Å². The molecule has 0 unspecified atom stereocenters. The van der Waals surface area contributed by atoms with Crippen LogP contribution in [0.25, 0.3) is 10.9 Å². The van der Waals surface area contributed by atoms with Crippen molar-refractivity contribution in [1.82, 2.24) is 10.3 Å². The zero-order valence-electron chi connectivity index (χ0n) is 11.5. The molecule has 22 heavy (non-hydrogen) atoms. The summed E-state index contributed by atoms with van der Waals surface area (Å²) < 4.78 is 26.6. The van der Waals surface area contributed by atoms with Gasteiger partial charge < -0.3 is 5.32 Å². The van der Waals surface area contributed by atoms with Crippen LogP contribution in [0.3, 0.4) is 0 Å². The maximum Gasteiger partial charge on any atom is 0.251 e. The highest BCUT2D eigenvalue weighted by molar-refractivity contribution is 5.97. The predicted octanol–water partition coefficient (Wildman–Crippen LogP) is 3.44. The smallest absolute Gasteiger partial charge is 0.251 e. The Labute approximate surface area is 125 Å². The first kappa shape index (κ1) is 14.1. The highest BCUT2D eigenvalue weighted by atomic mass is 19.2. The Morgan fingerprint density at radius 2 is 1.95 bits per heavy atom. The minimum absolute atomic E-state index is 0.0759. The maximum atomic E-state index is 13.5. The van der Waals surface area contributed by atoms with E-state index in [4.69, 9.17) is 0 Å². The molecule has 1 N–H and O–H groups in total. The first-order valence-corrected chi connectivity index (χ1v) is 6.71. The third-order valence-corrected chi connectivity index (χ3v) is 3.34. The van der Waals surface area contributed by atoms with Gasteiger partial charge in [-0.2, -0.15) is 0 Å². The third-order valence-electron chi connectivity index (χ3n) is 3.34. The largest absolute Gasteiger partial charge is 0.348 e. The van der Waals surface area contributed by atoms with Gasteiger partial charge in [0.1, 0.15) is 0 Å². The van der Waals surface area contributed by atoms with Gasteiger partial charge in [0.05, 0.1) is 5.52 Å². The zero-order valence-corrected chi connectivity index (χ0v) is 11.5. The Morgan fingerprint density at radius 3 is 2.82 bits per heavy atom. The van der Waals surface area contributed by atoms with Gasteiger partial charge in [0.15, 0.2) is 11.6 Å². The fourth-order valence-electron chi connectivity index (χ4n) is 2.18. The number of carbonyl (C=O) groups excluding carboxylic acids is 1. The molecular formula is C17H12F2N2O. The van der Waals surface area contributed by atoms with Crippen molar-refractivity contribution in [2.45, 2.75) is 6.54 Å². The number of halogens is 2. The van der Waals surface area contributed by atoms with Crippen molar-refractivity contribution in [2.75, 3.05) is 0 Å². The summed E-state index contributed by atoms with van der Waals surface area (Å²) in [6.45, 7) is -0.0759. The number of nitrogens with one attached hydrogen (secondary N) is 1. The number of carbonyl (C=O) groups is 1. The molecular weight excluding hydrogens is 286 g/mol. The van der Waals surface area contributed by atoms with Crippen LogP contribution in [0.4, 0.5) is 8.78 Å². The number of hydrogen-bond acceptors (Lipinski definition) is 2. The third kappa shape index (κ3) is 2.79. The van der Waals surface area contributed by atoms with Crippen LogP contribution in [-0.2, 0) is 6.54 Å². The fourth-order valence-corrected chi connectivity index (χ4v) is 2.18. The SMILES string of the molecule is O=C(NCc1cccc(F)c1F)c1ccc2ncccc2c1. The number of nitrogens with zero attached hydrogens (tertiary/aromatic N) is 1. The Kier molecular flexibility index (Phi) is 3.78. The number of fused-ring (bicyclic) bond motifs is 1. The molecule has 0 atom stereocenters. The van der Waals surface area contributed by atoms with Crippen molar-refractivity contribution in [1.29, 1.82) is 0 Å². The highest BCUT2D eigenvalue weighted by Gasteiger charge is 2.10. The molecule has 110 valence electrons. The van der Waals surface area contributed by atoms with Crippen LogP contribution in [0.2, 0.25) is 0 Å². The number of hydrogen-bond donors (Lipinski definition) is 1. The normalized spacial score (nSPS) is 10.6. The maximum absolute atomic E-state index is 13.5. The second kappa shape index (κ2) is 5.89. The Bertz CT molecular complexity index is 849. The Hall–Kier alpha value is -2.82. The Balaban J connectivity index is 1.77. The highest BCUT2D eigenvalue weighted by Crippen LogP contribution is 2.14. The molecule has 3 aromatic rings. The average molecular weight is 298 g/mol.